The van der Waals surface area contributed by atoms with Gasteiger partial charge in [-0.3, -0.25) is 4.79 Å². The molecular weight excluding hydrogens is 246 g/mol. The first-order chi connectivity index (χ1) is 8.79. The van der Waals surface area contributed by atoms with Crippen LogP contribution in [0.4, 0.5) is 0 Å². The molecule has 0 amide bonds. The van der Waals surface area contributed by atoms with Gasteiger partial charge >= 0.3 is 11.9 Å². The van der Waals surface area contributed by atoms with Crippen molar-refractivity contribution >= 4 is 11.9 Å². The Kier molecular flexibility index (Phi) is 5.06. The molecule has 5 nitrogen and oxygen atoms in total. The Bertz CT molecular complexity index is 463. The molecule has 0 aliphatic carbocycles. The van der Waals surface area contributed by atoms with Crippen LogP contribution in [-0.2, 0) is 9.53 Å². The number of hydrogen-bond donors (Lipinski definition) is 0. The van der Waals surface area contributed by atoms with Crippen molar-refractivity contribution in [2.45, 2.75) is 6.92 Å². The quantitative estimate of drug-likeness (QED) is 0.460. The summed E-state index contributed by atoms with van der Waals surface area (Å²) in [5, 5.41) is 0. The summed E-state index contributed by atoms with van der Waals surface area (Å²) in [7, 11) is 6.04. The van der Waals surface area contributed by atoms with Gasteiger partial charge in [-0.15, -0.1) is 0 Å². The Balaban J connectivity index is 2.69. The molecule has 0 saturated heterocycles. The van der Waals surface area contributed by atoms with Crippen LogP contribution in [0.2, 0.25) is 0 Å². The van der Waals surface area contributed by atoms with Crippen molar-refractivity contribution in [3.8, 4) is 5.75 Å². The number of benzene rings is 1. The third-order valence-electron chi connectivity index (χ3n) is 2.36. The van der Waals surface area contributed by atoms with E-state index in [1.165, 1.54) is 6.92 Å². The summed E-state index contributed by atoms with van der Waals surface area (Å²) >= 11 is 0. The second kappa shape index (κ2) is 6.33. The van der Waals surface area contributed by atoms with Crippen LogP contribution in [0, 0.1) is 0 Å². The number of esters is 2. The first-order valence-corrected chi connectivity index (χ1v) is 6.04. The lowest BCUT2D eigenvalue weighted by Crippen LogP contribution is -2.38. The highest BCUT2D eigenvalue weighted by Crippen LogP contribution is 2.19. The highest BCUT2D eigenvalue weighted by Gasteiger charge is 2.16. The monoisotopic (exact) mass is 266 g/mol. The van der Waals surface area contributed by atoms with E-state index in [9.17, 15) is 9.59 Å². The normalized spacial score (nSPS) is 10.9. The van der Waals surface area contributed by atoms with Gasteiger partial charge in [0.15, 0.2) is 0 Å². The standard InChI is InChI=1S/C14H20NO4/c1-11(16)19-13-8-6-5-7-12(13)14(17)18-10-9-15(2,3)4/h5-8H,9-10H2,1-4H3/q+1. The summed E-state index contributed by atoms with van der Waals surface area (Å²) in [5.74, 6) is -0.720. The van der Waals surface area contributed by atoms with Gasteiger partial charge in [0, 0.05) is 6.92 Å². The molecule has 1 aromatic carbocycles. The summed E-state index contributed by atoms with van der Waals surface area (Å²) in [6.07, 6.45) is 0. The first-order valence-electron chi connectivity index (χ1n) is 6.04. The molecule has 5 heteroatoms. The molecule has 0 unspecified atom stereocenters. The van der Waals surface area contributed by atoms with Gasteiger partial charge in [0.25, 0.3) is 0 Å². The fourth-order valence-electron chi connectivity index (χ4n) is 1.37. The molecule has 0 N–H and O–H groups in total. The van der Waals surface area contributed by atoms with Gasteiger partial charge in [0.05, 0.1) is 21.1 Å². The van der Waals surface area contributed by atoms with Gasteiger partial charge in [-0.1, -0.05) is 12.1 Å². The molecule has 0 atom stereocenters. The molecular formula is C14H20NO4+. The second-order valence-electron chi connectivity index (χ2n) is 5.24. The number of hydrogen-bond acceptors (Lipinski definition) is 4. The topological polar surface area (TPSA) is 52.6 Å². The maximum atomic E-state index is 11.9. The maximum absolute atomic E-state index is 11.9. The van der Waals surface area contributed by atoms with Crippen LogP contribution in [-0.4, -0.2) is 50.7 Å². The summed E-state index contributed by atoms with van der Waals surface area (Å²) in [4.78, 5) is 22.9. The SMILES string of the molecule is CC(=O)Oc1ccccc1C(=O)OCC[N+](C)(C)C. The van der Waals surface area contributed by atoms with Crippen LogP contribution in [0.3, 0.4) is 0 Å². The summed E-state index contributed by atoms with van der Waals surface area (Å²) in [5.41, 5.74) is 0.263. The van der Waals surface area contributed by atoms with E-state index in [0.29, 0.717) is 17.6 Å². The van der Waals surface area contributed by atoms with Crippen LogP contribution in [0.5, 0.6) is 5.75 Å². The van der Waals surface area contributed by atoms with Crippen LogP contribution in [0.25, 0.3) is 0 Å². The zero-order valence-electron chi connectivity index (χ0n) is 11.8. The van der Waals surface area contributed by atoms with Gasteiger partial charge < -0.3 is 14.0 Å². The molecule has 0 radical (unpaired) electrons. The number of para-hydroxylation sites is 1. The van der Waals surface area contributed by atoms with Gasteiger partial charge in [-0.05, 0) is 12.1 Å². The highest BCUT2D eigenvalue weighted by atomic mass is 16.5. The average Bonchev–Trinajstić information content (AvgIpc) is 2.27. The predicted molar refractivity (Wildman–Crippen MR) is 70.9 cm³/mol. The number of likely N-dealkylation sites (N-methyl/N-ethyl adjacent to an activating group) is 1. The van der Waals surface area contributed by atoms with Crippen molar-refractivity contribution in [1.82, 2.24) is 0 Å². The molecule has 1 rings (SSSR count). The smallest absolute Gasteiger partial charge is 0.342 e. The fraction of sp³-hybridized carbons (Fsp3) is 0.429. The molecule has 0 aliphatic rings. The minimum atomic E-state index is -0.481. The molecule has 0 heterocycles. The molecule has 1 aromatic rings. The van der Waals surface area contributed by atoms with Crippen LogP contribution >= 0.6 is 0 Å². The average molecular weight is 266 g/mol. The third kappa shape index (κ3) is 5.52. The first kappa shape index (κ1) is 15.2. The van der Waals surface area contributed by atoms with E-state index in [0.717, 1.165) is 0 Å². The van der Waals surface area contributed by atoms with Crippen molar-refractivity contribution in [1.29, 1.82) is 0 Å². The van der Waals surface area contributed by atoms with E-state index in [4.69, 9.17) is 9.47 Å². The zero-order valence-corrected chi connectivity index (χ0v) is 11.8. The molecule has 0 fully saturated rings. The highest BCUT2D eigenvalue weighted by molar-refractivity contribution is 5.93. The van der Waals surface area contributed by atoms with E-state index in [1.54, 1.807) is 24.3 Å². The summed E-state index contributed by atoms with van der Waals surface area (Å²) in [6.45, 7) is 2.32. The van der Waals surface area contributed by atoms with E-state index in [2.05, 4.69) is 0 Å². The van der Waals surface area contributed by atoms with Gasteiger partial charge in [0.2, 0.25) is 0 Å². The van der Waals surface area contributed by atoms with Crippen molar-refractivity contribution < 1.29 is 23.5 Å². The summed E-state index contributed by atoms with van der Waals surface area (Å²) < 4.78 is 10.9. The second-order valence-corrected chi connectivity index (χ2v) is 5.24. The van der Waals surface area contributed by atoms with E-state index in [-0.39, 0.29) is 11.3 Å². The lowest BCUT2D eigenvalue weighted by atomic mass is 10.2. The predicted octanol–water partition coefficient (Wildman–Crippen LogP) is 1.47. The van der Waals surface area contributed by atoms with Crippen molar-refractivity contribution in [3.63, 3.8) is 0 Å². The summed E-state index contributed by atoms with van der Waals surface area (Å²) in [6, 6.07) is 6.54. The number of carbonyl (C=O) groups excluding carboxylic acids is 2. The van der Waals surface area contributed by atoms with Gasteiger partial charge in [0.1, 0.15) is 24.5 Å². The Morgan fingerprint density at radius 3 is 2.37 bits per heavy atom. The van der Waals surface area contributed by atoms with Gasteiger partial charge in [-0.2, -0.15) is 0 Å². The largest absolute Gasteiger partial charge is 0.456 e. The van der Waals surface area contributed by atoms with Crippen molar-refractivity contribution in [2.75, 3.05) is 34.3 Å². The van der Waals surface area contributed by atoms with E-state index < -0.39 is 11.9 Å². The number of rotatable bonds is 5. The molecule has 0 aromatic heterocycles. The van der Waals surface area contributed by atoms with E-state index >= 15 is 0 Å². The number of quaternary nitrogens is 1. The Labute approximate surface area is 113 Å². The van der Waals surface area contributed by atoms with Crippen LogP contribution < -0.4 is 4.74 Å². The minimum absolute atomic E-state index is 0.227. The van der Waals surface area contributed by atoms with Crippen LogP contribution in [0.1, 0.15) is 17.3 Å². The lowest BCUT2D eigenvalue weighted by molar-refractivity contribution is -0.870. The van der Waals surface area contributed by atoms with Crippen molar-refractivity contribution in [3.05, 3.63) is 29.8 Å². The van der Waals surface area contributed by atoms with Crippen LogP contribution in [0.15, 0.2) is 24.3 Å². The Morgan fingerprint density at radius 1 is 1.16 bits per heavy atom. The van der Waals surface area contributed by atoms with E-state index in [1.807, 2.05) is 21.1 Å². The molecule has 19 heavy (non-hydrogen) atoms. The minimum Gasteiger partial charge on any atom is -0.456 e. The number of nitrogens with zero attached hydrogens (tertiary/aromatic N) is 1. The fourth-order valence-corrected chi connectivity index (χ4v) is 1.37. The number of carbonyl (C=O) groups is 2. The van der Waals surface area contributed by atoms with Crippen molar-refractivity contribution in [2.24, 2.45) is 0 Å². The molecule has 0 aliphatic heterocycles. The lowest BCUT2D eigenvalue weighted by Gasteiger charge is -2.23. The molecule has 0 saturated carbocycles. The van der Waals surface area contributed by atoms with Gasteiger partial charge in [-0.25, -0.2) is 4.79 Å². The zero-order chi connectivity index (χ0) is 14.5. The Morgan fingerprint density at radius 2 is 1.79 bits per heavy atom. The number of ether oxygens (including phenoxy) is 2. The molecule has 0 spiro atoms. The molecule has 0 bridgehead atoms. The third-order valence-corrected chi connectivity index (χ3v) is 2.36. The maximum Gasteiger partial charge on any atom is 0.342 e. The Hall–Kier alpha value is -1.88. The molecule has 104 valence electrons.